The summed E-state index contributed by atoms with van der Waals surface area (Å²) in [5, 5.41) is 9.10. The summed E-state index contributed by atoms with van der Waals surface area (Å²) in [4.78, 5) is 4.84. The van der Waals surface area contributed by atoms with Gasteiger partial charge in [0.2, 0.25) is 5.13 Å². The van der Waals surface area contributed by atoms with Crippen LogP contribution in [-0.2, 0) is 9.47 Å². The van der Waals surface area contributed by atoms with Crippen molar-refractivity contribution in [2.24, 2.45) is 5.92 Å². The highest BCUT2D eigenvalue weighted by molar-refractivity contribution is 7.13. The van der Waals surface area contributed by atoms with Crippen LogP contribution >= 0.6 is 11.3 Å². The van der Waals surface area contributed by atoms with Gasteiger partial charge in [0, 0.05) is 24.1 Å². The summed E-state index contributed by atoms with van der Waals surface area (Å²) in [6.07, 6.45) is 4.16. The van der Waals surface area contributed by atoms with Crippen molar-refractivity contribution in [1.29, 1.82) is 0 Å². The molecule has 4 aliphatic heterocycles. The van der Waals surface area contributed by atoms with Crippen LogP contribution in [0.1, 0.15) is 37.2 Å². The molecule has 4 fully saturated rings. The number of nitrogens with zero attached hydrogens (tertiary/aromatic N) is 4. The molecular formula is C24H31FN4O3S. The molecule has 0 amide bonds. The first-order valence-electron chi connectivity index (χ1n) is 12.1. The molecule has 1 aromatic heterocycles. The van der Waals surface area contributed by atoms with E-state index < -0.39 is 0 Å². The summed E-state index contributed by atoms with van der Waals surface area (Å²) < 4.78 is 32.0. The Morgan fingerprint density at radius 3 is 2.82 bits per heavy atom. The Hall–Kier alpha value is -1.81. The first-order valence-corrected chi connectivity index (χ1v) is 12.9. The van der Waals surface area contributed by atoms with E-state index in [2.05, 4.69) is 20.0 Å². The van der Waals surface area contributed by atoms with Crippen LogP contribution in [-0.4, -0.2) is 79.3 Å². The quantitative estimate of drug-likeness (QED) is 0.637. The number of aromatic nitrogens is 2. The van der Waals surface area contributed by atoms with Gasteiger partial charge >= 0.3 is 0 Å². The Labute approximate surface area is 197 Å². The van der Waals surface area contributed by atoms with Crippen molar-refractivity contribution >= 4 is 16.5 Å². The maximum atomic E-state index is 14.1. The zero-order chi connectivity index (χ0) is 22.3. The van der Waals surface area contributed by atoms with Crippen LogP contribution in [0, 0.1) is 11.7 Å². The molecular weight excluding hydrogens is 443 g/mol. The van der Waals surface area contributed by atoms with E-state index in [0.29, 0.717) is 24.5 Å². The number of hydrogen-bond donors (Lipinski definition) is 0. The minimum Gasteiger partial charge on any atom is -0.493 e. The number of piperidine rings is 1. The second-order valence-electron chi connectivity index (χ2n) is 9.96. The van der Waals surface area contributed by atoms with E-state index in [4.69, 9.17) is 14.2 Å². The van der Waals surface area contributed by atoms with Crippen molar-refractivity contribution in [3.05, 3.63) is 35.1 Å². The zero-order valence-electron chi connectivity index (χ0n) is 18.8. The van der Waals surface area contributed by atoms with Crippen molar-refractivity contribution in [2.75, 3.05) is 57.5 Å². The van der Waals surface area contributed by atoms with Crippen LogP contribution in [0.3, 0.4) is 0 Å². The zero-order valence-corrected chi connectivity index (χ0v) is 19.6. The second kappa shape index (κ2) is 9.09. The summed E-state index contributed by atoms with van der Waals surface area (Å²) in [6, 6.07) is 5.47. The van der Waals surface area contributed by atoms with Gasteiger partial charge in [0.25, 0.3) is 0 Å². The molecule has 4 aliphatic rings. The van der Waals surface area contributed by atoms with Gasteiger partial charge in [-0.05, 0) is 62.9 Å². The number of benzene rings is 1. The molecule has 0 N–H and O–H groups in total. The molecule has 6 rings (SSSR count). The van der Waals surface area contributed by atoms with E-state index in [1.807, 2.05) is 6.07 Å². The lowest BCUT2D eigenvalue weighted by molar-refractivity contribution is -0.0195. The third kappa shape index (κ3) is 4.48. The average Bonchev–Trinajstić information content (AvgIpc) is 3.59. The van der Waals surface area contributed by atoms with Crippen molar-refractivity contribution in [2.45, 2.75) is 43.2 Å². The first kappa shape index (κ1) is 21.7. The first-order chi connectivity index (χ1) is 16.2. The molecule has 0 aliphatic carbocycles. The highest BCUT2D eigenvalue weighted by Gasteiger charge is 2.51. The highest BCUT2D eigenvalue weighted by Crippen LogP contribution is 2.41. The fourth-order valence-electron chi connectivity index (χ4n) is 5.83. The fourth-order valence-corrected chi connectivity index (χ4v) is 6.39. The molecule has 33 heavy (non-hydrogen) atoms. The molecule has 2 atom stereocenters. The van der Waals surface area contributed by atoms with E-state index in [-0.39, 0.29) is 11.4 Å². The van der Waals surface area contributed by atoms with Gasteiger partial charge < -0.3 is 19.1 Å². The number of halogens is 1. The molecule has 1 unspecified atom stereocenters. The Morgan fingerprint density at radius 1 is 1.18 bits per heavy atom. The Morgan fingerprint density at radius 2 is 2.06 bits per heavy atom. The third-order valence-electron chi connectivity index (χ3n) is 7.72. The minimum absolute atomic E-state index is 0.0271. The molecule has 5 heterocycles. The third-order valence-corrected chi connectivity index (χ3v) is 8.47. The van der Waals surface area contributed by atoms with E-state index in [1.165, 1.54) is 6.07 Å². The van der Waals surface area contributed by atoms with Crippen molar-refractivity contribution in [3.63, 3.8) is 0 Å². The molecule has 1 spiro atoms. The molecule has 178 valence electrons. The van der Waals surface area contributed by atoms with E-state index >= 15 is 0 Å². The van der Waals surface area contributed by atoms with Crippen LogP contribution in [0.4, 0.5) is 9.52 Å². The van der Waals surface area contributed by atoms with Gasteiger partial charge in [0.1, 0.15) is 22.7 Å². The monoisotopic (exact) mass is 474 g/mol. The molecule has 0 radical (unpaired) electrons. The van der Waals surface area contributed by atoms with E-state index in [9.17, 15) is 4.39 Å². The summed E-state index contributed by atoms with van der Waals surface area (Å²) in [6.45, 7) is 6.87. The average molecular weight is 475 g/mol. The number of rotatable bonds is 6. The van der Waals surface area contributed by atoms with Gasteiger partial charge in [-0.3, -0.25) is 4.90 Å². The summed E-state index contributed by atoms with van der Waals surface area (Å²) in [5.41, 5.74) is 2.78. The van der Waals surface area contributed by atoms with Crippen molar-refractivity contribution in [1.82, 2.24) is 15.1 Å². The van der Waals surface area contributed by atoms with Gasteiger partial charge in [0.15, 0.2) is 0 Å². The predicted molar refractivity (Wildman–Crippen MR) is 124 cm³/mol. The van der Waals surface area contributed by atoms with Gasteiger partial charge in [-0.1, -0.05) is 11.3 Å². The summed E-state index contributed by atoms with van der Waals surface area (Å²) >= 11 is 1.58. The fraction of sp³-hybridized carbons (Fsp3) is 0.667. The van der Waals surface area contributed by atoms with Gasteiger partial charge in [0.05, 0.1) is 32.9 Å². The van der Waals surface area contributed by atoms with E-state index in [0.717, 1.165) is 88.1 Å². The maximum Gasteiger partial charge on any atom is 0.208 e. The van der Waals surface area contributed by atoms with Crippen molar-refractivity contribution in [3.8, 4) is 5.75 Å². The van der Waals surface area contributed by atoms with Gasteiger partial charge in [-0.25, -0.2) is 4.39 Å². The van der Waals surface area contributed by atoms with Crippen LogP contribution in [0.25, 0.3) is 0 Å². The topological polar surface area (TPSA) is 60.0 Å². The molecule has 4 saturated heterocycles. The van der Waals surface area contributed by atoms with Crippen LogP contribution in [0.5, 0.6) is 5.75 Å². The standard InChI is InChI=1S/C24H31FN4O3S/c25-19-1-2-22(31-12-17-5-8-30-11-17)21(9-19)18-3-6-28(7-4-18)20-10-24(32-13-20)14-29(15-24)23-27-26-16-33-23/h1-2,9,16-18,20H,3-8,10-15H2/t17-,20?/m1/s1. The second-order valence-corrected chi connectivity index (χ2v) is 10.8. The van der Waals surface area contributed by atoms with Gasteiger partial charge in [-0.2, -0.15) is 0 Å². The minimum atomic E-state index is -0.180. The van der Waals surface area contributed by atoms with Crippen LogP contribution in [0.2, 0.25) is 0 Å². The Kier molecular flexibility index (Phi) is 5.98. The van der Waals surface area contributed by atoms with E-state index in [1.54, 1.807) is 22.9 Å². The Balaban J connectivity index is 1.03. The maximum absolute atomic E-state index is 14.1. The molecule has 7 nitrogen and oxygen atoms in total. The number of anilines is 1. The summed E-state index contributed by atoms with van der Waals surface area (Å²) in [7, 11) is 0. The largest absolute Gasteiger partial charge is 0.493 e. The van der Waals surface area contributed by atoms with Crippen molar-refractivity contribution < 1.29 is 18.6 Å². The molecule has 9 heteroatoms. The molecule has 0 saturated carbocycles. The normalized spacial score (nSPS) is 27.8. The Bertz CT molecular complexity index is 941. The summed E-state index contributed by atoms with van der Waals surface area (Å²) in [5.74, 6) is 1.43. The lowest BCUT2D eigenvalue weighted by atomic mass is 9.86. The van der Waals surface area contributed by atoms with Crippen LogP contribution in [0.15, 0.2) is 23.7 Å². The smallest absolute Gasteiger partial charge is 0.208 e. The molecule has 0 bridgehead atoms. The molecule has 2 aromatic rings. The van der Waals surface area contributed by atoms with Crippen LogP contribution < -0.4 is 9.64 Å². The molecule has 1 aromatic carbocycles. The highest BCUT2D eigenvalue weighted by atomic mass is 32.1. The number of ether oxygens (including phenoxy) is 3. The van der Waals surface area contributed by atoms with Gasteiger partial charge in [-0.15, -0.1) is 10.2 Å². The predicted octanol–water partition coefficient (Wildman–Crippen LogP) is 3.32. The number of likely N-dealkylation sites (tertiary alicyclic amines) is 1. The SMILES string of the molecule is Fc1ccc(OC[C@@H]2CCOC2)c(C2CCN(C3COC4(C3)CN(c3nncs3)C4)CC2)c1. The lowest BCUT2D eigenvalue weighted by Crippen LogP contribution is -2.62. The number of hydrogen-bond acceptors (Lipinski definition) is 8. The lowest BCUT2D eigenvalue weighted by Gasteiger charge is -2.47.